The predicted molar refractivity (Wildman–Crippen MR) is 132 cm³/mol. The van der Waals surface area contributed by atoms with Crippen molar-refractivity contribution in [3.63, 3.8) is 0 Å². The van der Waals surface area contributed by atoms with Crippen LogP contribution in [0.4, 0.5) is 0 Å². The molecular formula is C25H28BrClN2O2. The first-order valence-electron chi connectivity index (χ1n) is 10.5. The molecule has 0 saturated carbocycles. The Bertz CT molecular complexity index is 941. The van der Waals surface area contributed by atoms with Gasteiger partial charge in [0.15, 0.2) is 0 Å². The van der Waals surface area contributed by atoms with Gasteiger partial charge in [-0.2, -0.15) is 0 Å². The second-order valence-electron chi connectivity index (χ2n) is 7.70. The molecule has 0 aliphatic carbocycles. The molecule has 0 aromatic heterocycles. The maximum absolute atomic E-state index is 12.2. The fraction of sp³-hybridized carbons (Fsp3) is 0.320. The summed E-state index contributed by atoms with van der Waals surface area (Å²) in [5.41, 5.74) is 3.01. The Hall–Kier alpha value is -2.08. The average Bonchev–Trinajstić information content (AvgIpc) is 2.72. The summed E-state index contributed by atoms with van der Waals surface area (Å²) in [6.07, 6.45) is 8.37. The summed E-state index contributed by atoms with van der Waals surface area (Å²) in [7, 11) is 0. The molecule has 0 atom stereocenters. The van der Waals surface area contributed by atoms with Gasteiger partial charge >= 0.3 is 0 Å². The van der Waals surface area contributed by atoms with E-state index < -0.39 is 0 Å². The van der Waals surface area contributed by atoms with Crippen molar-refractivity contribution in [2.45, 2.75) is 25.8 Å². The molecule has 2 aromatic carbocycles. The summed E-state index contributed by atoms with van der Waals surface area (Å²) in [5, 5.41) is 6.98. The van der Waals surface area contributed by atoms with E-state index in [1.165, 1.54) is 0 Å². The molecule has 1 aliphatic heterocycles. The Morgan fingerprint density at radius 3 is 2.81 bits per heavy atom. The highest BCUT2D eigenvalue weighted by Gasteiger charge is 2.16. The molecule has 164 valence electrons. The number of hydrogen-bond donors (Lipinski definition) is 2. The van der Waals surface area contributed by atoms with Crippen molar-refractivity contribution in [3.05, 3.63) is 75.2 Å². The summed E-state index contributed by atoms with van der Waals surface area (Å²) in [6, 6.07) is 11.7. The second-order valence-corrected chi connectivity index (χ2v) is 8.99. The third-order valence-corrected chi connectivity index (χ3v) is 6.07. The highest BCUT2D eigenvalue weighted by molar-refractivity contribution is 9.10. The van der Waals surface area contributed by atoms with Crippen LogP contribution in [0.25, 0.3) is 12.2 Å². The van der Waals surface area contributed by atoms with Crippen molar-refractivity contribution in [1.29, 1.82) is 0 Å². The van der Waals surface area contributed by atoms with Crippen LogP contribution in [0.5, 0.6) is 5.75 Å². The van der Waals surface area contributed by atoms with Crippen LogP contribution in [0, 0.1) is 5.92 Å². The van der Waals surface area contributed by atoms with Gasteiger partial charge in [-0.15, -0.1) is 0 Å². The van der Waals surface area contributed by atoms with Crippen LogP contribution in [0.3, 0.4) is 0 Å². The zero-order valence-corrected chi connectivity index (χ0v) is 19.8. The van der Waals surface area contributed by atoms with Gasteiger partial charge in [0, 0.05) is 22.5 Å². The van der Waals surface area contributed by atoms with E-state index in [2.05, 4.69) is 39.2 Å². The predicted octanol–water partition coefficient (Wildman–Crippen LogP) is 5.84. The van der Waals surface area contributed by atoms with E-state index in [1.807, 2.05) is 42.5 Å². The quantitative estimate of drug-likeness (QED) is 0.299. The fourth-order valence-corrected chi connectivity index (χ4v) is 4.15. The maximum Gasteiger partial charge on any atom is 0.220 e. The van der Waals surface area contributed by atoms with Gasteiger partial charge < -0.3 is 15.4 Å². The molecule has 0 spiro atoms. The van der Waals surface area contributed by atoms with E-state index in [9.17, 15) is 4.79 Å². The molecule has 0 radical (unpaired) electrons. The number of benzene rings is 2. The monoisotopic (exact) mass is 502 g/mol. The number of carbonyl (C=O) groups excluding carboxylic acids is 1. The molecule has 1 saturated heterocycles. The first kappa shape index (κ1) is 23.6. The molecule has 31 heavy (non-hydrogen) atoms. The van der Waals surface area contributed by atoms with E-state index >= 15 is 0 Å². The Labute approximate surface area is 197 Å². The number of carbonyl (C=O) groups is 1. The summed E-state index contributed by atoms with van der Waals surface area (Å²) >= 11 is 9.57. The zero-order chi connectivity index (χ0) is 22.1. The van der Waals surface area contributed by atoms with E-state index in [-0.39, 0.29) is 5.91 Å². The van der Waals surface area contributed by atoms with Gasteiger partial charge in [-0.05, 0) is 78.9 Å². The van der Waals surface area contributed by atoms with Gasteiger partial charge in [-0.1, -0.05) is 58.4 Å². The number of amides is 1. The standard InChI is InChI=1S/C25H28BrClN2O2/c1-2-10-31-23-12-18(6-7-21-8-9-22(27)14-24(21)26)11-20(13-23)17-29-25(30)5-3-4-19-15-28-16-19/h2,6-9,11-14,19,28H,1,3-5,10,15-17H2,(H,29,30)/b7-6+. The summed E-state index contributed by atoms with van der Waals surface area (Å²) in [5.74, 6) is 1.58. The molecule has 1 fully saturated rings. The highest BCUT2D eigenvalue weighted by Crippen LogP contribution is 2.25. The van der Waals surface area contributed by atoms with Gasteiger partial charge in [0.25, 0.3) is 0 Å². The lowest BCUT2D eigenvalue weighted by atomic mass is 9.96. The van der Waals surface area contributed by atoms with E-state index in [4.69, 9.17) is 16.3 Å². The molecule has 0 bridgehead atoms. The first-order chi connectivity index (χ1) is 15.0. The van der Waals surface area contributed by atoms with Crippen molar-refractivity contribution < 1.29 is 9.53 Å². The molecule has 0 unspecified atom stereocenters. The zero-order valence-electron chi connectivity index (χ0n) is 17.5. The van der Waals surface area contributed by atoms with Crippen molar-refractivity contribution in [3.8, 4) is 5.75 Å². The summed E-state index contributed by atoms with van der Waals surface area (Å²) in [6.45, 7) is 6.78. The van der Waals surface area contributed by atoms with Crippen molar-refractivity contribution in [2.24, 2.45) is 5.92 Å². The molecule has 2 aromatic rings. The third-order valence-electron chi connectivity index (χ3n) is 5.15. The lowest BCUT2D eigenvalue weighted by Crippen LogP contribution is -2.41. The minimum atomic E-state index is 0.0897. The molecule has 2 N–H and O–H groups in total. The number of ether oxygens (including phenoxy) is 1. The Kier molecular flexibility index (Phi) is 9.19. The van der Waals surface area contributed by atoms with Crippen LogP contribution < -0.4 is 15.4 Å². The largest absolute Gasteiger partial charge is 0.490 e. The minimum absolute atomic E-state index is 0.0897. The lowest BCUT2D eigenvalue weighted by molar-refractivity contribution is -0.121. The first-order valence-corrected chi connectivity index (χ1v) is 11.7. The van der Waals surface area contributed by atoms with E-state index in [0.29, 0.717) is 24.6 Å². The van der Waals surface area contributed by atoms with Crippen LogP contribution in [0.2, 0.25) is 5.02 Å². The van der Waals surface area contributed by atoms with Crippen LogP contribution >= 0.6 is 27.5 Å². The molecule has 1 amide bonds. The van der Waals surface area contributed by atoms with Crippen molar-refractivity contribution >= 4 is 45.6 Å². The molecule has 1 heterocycles. The van der Waals surface area contributed by atoms with Crippen LogP contribution in [0.15, 0.2) is 53.5 Å². The molecular weight excluding hydrogens is 476 g/mol. The summed E-state index contributed by atoms with van der Waals surface area (Å²) < 4.78 is 6.68. The number of halogens is 2. The number of nitrogens with one attached hydrogen (secondary N) is 2. The Morgan fingerprint density at radius 2 is 2.10 bits per heavy atom. The smallest absolute Gasteiger partial charge is 0.220 e. The van der Waals surface area contributed by atoms with Gasteiger partial charge in [-0.3, -0.25) is 4.79 Å². The normalized spacial score (nSPS) is 13.7. The summed E-state index contributed by atoms with van der Waals surface area (Å²) in [4.78, 5) is 12.2. The highest BCUT2D eigenvalue weighted by atomic mass is 79.9. The topological polar surface area (TPSA) is 50.4 Å². The Balaban J connectivity index is 1.63. The molecule has 4 nitrogen and oxygen atoms in total. The van der Waals surface area contributed by atoms with E-state index in [1.54, 1.807) is 6.08 Å². The van der Waals surface area contributed by atoms with Crippen LogP contribution in [0.1, 0.15) is 36.0 Å². The van der Waals surface area contributed by atoms with Crippen LogP contribution in [-0.2, 0) is 11.3 Å². The maximum atomic E-state index is 12.2. The van der Waals surface area contributed by atoms with Gasteiger partial charge in [0.2, 0.25) is 5.91 Å². The van der Waals surface area contributed by atoms with Gasteiger partial charge in [-0.25, -0.2) is 0 Å². The Morgan fingerprint density at radius 1 is 1.26 bits per heavy atom. The second kappa shape index (κ2) is 12.1. The fourth-order valence-electron chi connectivity index (χ4n) is 3.34. The molecule has 3 rings (SSSR count). The number of rotatable bonds is 11. The van der Waals surface area contributed by atoms with Crippen molar-refractivity contribution in [1.82, 2.24) is 10.6 Å². The SMILES string of the molecule is C=CCOc1cc(/C=C/c2ccc(Cl)cc2Br)cc(CNC(=O)CCCC2CNC2)c1. The van der Waals surface area contributed by atoms with Crippen molar-refractivity contribution in [2.75, 3.05) is 19.7 Å². The minimum Gasteiger partial charge on any atom is -0.490 e. The molecule has 6 heteroatoms. The molecule has 1 aliphatic rings. The van der Waals surface area contributed by atoms with Gasteiger partial charge in [0.1, 0.15) is 12.4 Å². The average molecular weight is 504 g/mol. The van der Waals surface area contributed by atoms with E-state index in [0.717, 1.165) is 58.8 Å². The third kappa shape index (κ3) is 7.84. The van der Waals surface area contributed by atoms with Crippen LogP contribution in [-0.4, -0.2) is 25.6 Å². The number of hydrogen-bond acceptors (Lipinski definition) is 3. The lowest BCUT2D eigenvalue weighted by Gasteiger charge is -2.26. The van der Waals surface area contributed by atoms with Gasteiger partial charge in [0.05, 0.1) is 0 Å².